The molecular formula is C19H19F3N4O2. The van der Waals surface area contributed by atoms with Gasteiger partial charge in [0.2, 0.25) is 0 Å². The molecule has 0 saturated carbocycles. The Hall–Kier alpha value is -2.93. The molecule has 2 aromatic heterocycles. The highest BCUT2D eigenvalue weighted by Crippen LogP contribution is 2.27. The molecule has 0 amide bonds. The summed E-state index contributed by atoms with van der Waals surface area (Å²) in [5, 5.41) is 11.1. The van der Waals surface area contributed by atoms with Crippen molar-refractivity contribution in [3.05, 3.63) is 64.8 Å². The van der Waals surface area contributed by atoms with Gasteiger partial charge in [-0.1, -0.05) is 17.4 Å². The molecule has 0 atom stereocenters. The highest BCUT2D eigenvalue weighted by molar-refractivity contribution is 5.57. The second-order valence-electron chi connectivity index (χ2n) is 6.02. The van der Waals surface area contributed by atoms with Gasteiger partial charge in [-0.3, -0.25) is 4.98 Å². The number of piperidine rings is 1. The summed E-state index contributed by atoms with van der Waals surface area (Å²) in [5.41, 5.74) is 2.03. The van der Waals surface area contributed by atoms with E-state index in [2.05, 4.69) is 26.7 Å². The fourth-order valence-corrected chi connectivity index (χ4v) is 2.77. The van der Waals surface area contributed by atoms with Gasteiger partial charge in [0.25, 0.3) is 0 Å². The molecule has 28 heavy (non-hydrogen) atoms. The zero-order valence-corrected chi connectivity index (χ0v) is 14.8. The average Bonchev–Trinajstić information content (AvgIpc) is 2.68. The zero-order valence-electron chi connectivity index (χ0n) is 14.8. The van der Waals surface area contributed by atoms with E-state index in [1.807, 2.05) is 0 Å². The summed E-state index contributed by atoms with van der Waals surface area (Å²) in [6, 6.07) is 5.71. The third-order valence-electron chi connectivity index (χ3n) is 4.20. The van der Waals surface area contributed by atoms with Crippen molar-refractivity contribution in [2.45, 2.75) is 19.0 Å². The van der Waals surface area contributed by atoms with Gasteiger partial charge in [0.05, 0.1) is 0 Å². The maximum Gasteiger partial charge on any atom is 0.433 e. The molecule has 1 aliphatic rings. The number of rotatable bonds is 2. The largest absolute Gasteiger partial charge is 0.630 e. The first-order valence-corrected chi connectivity index (χ1v) is 8.35. The molecule has 9 heteroatoms. The number of halogens is 3. The number of nitrogens with zero attached hydrogens (tertiary/aromatic N) is 3. The van der Waals surface area contributed by atoms with E-state index in [9.17, 15) is 18.4 Å². The van der Waals surface area contributed by atoms with Gasteiger partial charge in [-0.25, -0.2) is 4.98 Å². The lowest BCUT2D eigenvalue weighted by molar-refractivity contribution is -0.496. The van der Waals surface area contributed by atoms with Crippen molar-refractivity contribution in [3.63, 3.8) is 0 Å². The van der Waals surface area contributed by atoms with Crippen LogP contribution in [-0.4, -0.2) is 28.5 Å². The molecule has 0 radical (unpaired) electrons. The molecule has 0 unspecified atom stereocenters. The Morgan fingerprint density at radius 1 is 1.14 bits per heavy atom. The Morgan fingerprint density at radius 2 is 1.89 bits per heavy atom. The minimum absolute atomic E-state index is 0. The molecule has 3 rings (SSSR count). The van der Waals surface area contributed by atoms with E-state index in [4.69, 9.17) is 0 Å². The van der Waals surface area contributed by atoms with Gasteiger partial charge in [-0.15, -0.1) is 0 Å². The van der Waals surface area contributed by atoms with Crippen molar-refractivity contribution in [1.29, 1.82) is 0 Å². The van der Waals surface area contributed by atoms with E-state index < -0.39 is 11.9 Å². The van der Waals surface area contributed by atoms with Crippen LogP contribution in [-0.2, 0) is 6.18 Å². The van der Waals surface area contributed by atoms with Crippen LogP contribution in [0, 0.1) is 17.0 Å². The van der Waals surface area contributed by atoms with Crippen LogP contribution < -0.4 is 10.4 Å². The normalized spacial score (nSPS) is 14.0. The summed E-state index contributed by atoms with van der Waals surface area (Å²) >= 11 is 0. The molecule has 0 aliphatic carbocycles. The van der Waals surface area contributed by atoms with E-state index in [1.54, 1.807) is 24.4 Å². The highest BCUT2D eigenvalue weighted by atomic mass is 19.4. The van der Waals surface area contributed by atoms with Crippen molar-refractivity contribution in [1.82, 2.24) is 9.97 Å². The first kappa shape index (κ1) is 21.4. The number of aromatic nitrogens is 2. The van der Waals surface area contributed by atoms with Crippen LogP contribution in [0.1, 0.15) is 24.1 Å². The summed E-state index contributed by atoms with van der Waals surface area (Å²) in [6.07, 6.45) is 1.72. The van der Waals surface area contributed by atoms with Gasteiger partial charge in [-0.2, -0.15) is 13.2 Å². The molecule has 148 valence electrons. The third kappa shape index (κ3) is 5.29. The topological polar surface area (TPSA) is 100 Å². The standard InChI is InChI=1S/C19H17F3N4O.H2O/c20-19(21,22)17-7-6-15(13-24-17)4-1-3-14-8-11-26(12-9-14)18-16(25-27)5-2-10-23-18;/h2-3,5-7,10,13H,8-9,11-12,25H2;1H2. The molecule has 6 nitrogen and oxygen atoms in total. The van der Waals surface area contributed by atoms with Gasteiger partial charge in [0.1, 0.15) is 5.69 Å². The number of allylic oxidation sites excluding steroid dienone is 1. The summed E-state index contributed by atoms with van der Waals surface area (Å²) in [6.45, 7) is 1.46. The summed E-state index contributed by atoms with van der Waals surface area (Å²) in [4.78, 5) is 9.73. The van der Waals surface area contributed by atoms with Gasteiger partial charge in [0.15, 0.2) is 11.5 Å². The quantitative estimate of drug-likeness (QED) is 0.624. The predicted octanol–water partition coefficient (Wildman–Crippen LogP) is 1.94. The Morgan fingerprint density at radius 3 is 2.50 bits per heavy atom. The number of alkyl halides is 3. The molecule has 1 aliphatic heterocycles. The minimum atomic E-state index is -4.45. The highest BCUT2D eigenvalue weighted by Gasteiger charge is 2.31. The van der Waals surface area contributed by atoms with E-state index in [0.29, 0.717) is 17.1 Å². The first-order chi connectivity index (χ1) is 13.0. The monoisotopic (exact) mass is 392 g/mol. The van der Waals surface area contributed by atoms with Crippen LogP contribution in [0.5, 0.6) is 0 Å². The first-order valence-electron chi connectivity index (χ1n) is 8.35. The van der Waals surface area contributed by atoms with Crippen molar-refractivity contribution in [2.75, 3.05) is 18.0 Å². The van der Waals surface area contributed by atoms with Crippen molar-refractivity contribution < 1.29 is 24.1 Å². The smallest absolute Gasteiger partial charge is 0.433 e. The van der Waals surface area contributed by atoms with Crippen LogP contribution in [0.2, 0.25) is 0 Å². The summed E-state index contributed by atoms with van der Waals surface area (Å²) in [5.74, 6) is 6.37. The second-order valence-corrected chi connectivity index (χ2v) is 6.02. The lowest BCUT2D eigenvalue weighted by Crippen LogP contribution is -2.70. The Labute approximate surface area is 160 Å². The zero-order chi connectivity index (χ0) is 19.3. The maximum absolute atomic E-state index is 12.5. The number of anilines is 1. The van der Waals surface area contributed by atoms with Crippen molar-refractivity contribution in [3.8, 4) is 11.8 Å². The average molecular weight is 392 g/mol. The number of hydrogen-bond acceptors (Lipinski definition) is 4. The number of pyridine rings is 2. The molecule has 0 spiro atoms. The lowest BCUT2D eigenvalue weighted by atomic mass is 10.0. The fourth-order valence-electron chi connectivity index (χ4n) is 2.77. The molecule has 1 saturated heterocycles. The minimum Gasteiger partial charge on any atom is -0.630 e. The van der Waals surface area contributed by atoms with Crippen LogP contribution in [0.25, 0.3) is 0 Å². The second kappa shape index (κ2) is 9.32. The van der Waals surface area contributed by atoms with Gasteiger partial charge >= 0.3 is 6.18 Å². The van der Waals surface area contributed by atoms with E-state index in [1.165, 1.54) is 6.07 Å². The van der Waals surface area contributed by atoms with Crippen LogP contribution in [0.15, 0.2) is 48.3 Å². The van der Waals surface area contributed by atoms with Gasteiger partial charge in [0, 0.05) is 37.1 Å². The molecule has 3 heterocycles. The predicted molar refractivity (Wildman–Crippen MR) is 98.5 cm³/mol. The Kier molecular flexibility index (Phi) is 7.12. The van der Waals surface area contributed by atoms with E-state index in [-0.39, 0.29) is 5.48 Å². The Bertz CT molecular complexity index is 877. The van der Waals surface area contributed by atoms with E-state index >= 15 is 0 Å². The van der Waals surface area contributed by atoms with Crippen LogP contribution in [0.4, 0.5) is 24.7 Å². The van der Waals surface area contributed by atoms with Gasteiger partial charge < -0.3 is 21.1 Å². The maximum atomic E-state index is 12.5. The molecule has 2 aromatic rings. The molecule has 1 fully saturated rings. The van der Waals surface area contributed by atoms with Crippen LogP contribution >= 0.6 is 0 Å². The number of hydrogen-bond donors (Lipinski definition) is 1. The summed E-state index contributed by atoms with van der Waals surface area (Å²) < 4.78 is 37.4. The Balaban J connectivity index is 0.00000280. The molecular weight excluding hydrogens is 373 g/mol. The van der Waals surface area contributed by atoms with Crippen LogP contribution in [0.3, 0.4) is 0 Å². The number of nitrogens with two attached hydrogens (primary N) is 1. The third-order valence-corrected chi connectivity index (χ3v) is 4.20. The lowest BCUT2D eigenvalue weighted by Gasteiger charge is -2.29. The van der Waals surface area contributed by atoms with Crippen molar-refractivity contribution in [2.24, 2.45) is 0 Å². The SMILES string of the molecule is O.[O-][NH2+]c1cccnc1N1CCC(=CC#Cc2ccc(C(F)(F)F)nc2)CC1. The molecule has 0 bridgehead atoms. The van der Waals surface area contributed by atoms with Crippen molar-refractivity contribution >= 4 is 11.5 Å². The fraction of sp³-hybridized carbons (Fsp3) is 0.263. The molecule has 0 aromatic carbocycles. The number of quaternary nitrogens is 1. The van der Waals surface area contributed by atoms with E-state index in [0.717, 1.165) is 49.2 Å². The summed E-state index contributed by atoms with van der Waals surface area (Å²) in [7, 11) is 0. The molecule has 4 N–H and O–H groups in total. The van der Waals surface area contributed by atoms with Gasteiger partial charge in [-0.05, 0) is 37.1 Å².